The van der Waals surface area contributed by atoms with Crippen molar-refractivity contribution in [1.29, 1.82) is 0 Å². The zero-order valence-corrected chi connectivity index (χ0v) is 13.2. The van der Waals surface area contributed by atoms with Crippen LogP contribution >= 0.6 is 0 Å². The van der Waals surface area contributed by atoms with Crippen LogP contribution in [0.1, 0.15) is 12.5 Å². The second kappa shape index (κ2) is 7.89. The van der Waals surface area contributed by atoms with Crippen LogP contribution in [0.15, 0.2) is 48.5 Å². The lowest BCUT2D eigenvalue weighted by Gasteiger charge is -2.07. The maximum Gasteiger partial charge on any atom is 0.248 e. The van der Waals surface area contributed by atoms with Crippen LogP contribution in [0.4, 0.5) is 11.4 Å². The minimum Gasteiger partial charge on any atom is -0.497 e. The zero-order valence-electron chi connectivity index (χ0n) is 13.2. The van der Waals surface area contributed by atoms with Gasteiger partial charge in [-0.05, 0) is 55.0 Å². The van der Waals surface area contributed by atoms with Crippen molar-refractivity contribution in [3.63, 3.8) is 0 Å². The summed E-state index contributed by atoms with van der Waals surface area (Å²) in [5.74, 6) is 1.17. The Balaban J connectivity index is 1.98. The van der Waals surface area contributed by atoms with Gasteiger partial charge in [0.15, 0.2) is 0 Å². The molecule has 0 aliphatic heterocycles. The van der Waals surface area contributed by atoms with Crippen LogP contribution in [-0.4, -0.2) is 19.6 Å². The molecule has 2 aromatic carbocycles. The molecule has 0 unspecified atom stereocenters. The summed E-state index contributed by atoms with van der Waals surface area (Å²) in [6.07, 6.45) is 3.16. The lowest BCUT2D eigenvalue weighted by molar-refractivity contribution is -0.111. The highest BCUT2D eigenvalue weighted by Gasteiger charge is 2.01. The van der Waals surface area contributed by atoms with Crippen LogP contribution in [0.2, 0.25) is 0 Å². The van der Waals surface area contributed by atoms with Gasteiger partial charge in [-0.3, -0.25) is 4.79 Å². The van der Waals surface area contributed by atoms with E-state index in [2.05, 4.69) is 5.32 Å². The van der Waals surface area contributed by atoms with Gasteiger partial charge in [0.25, 0.3) is 0 Å². The largest absolute Gasteiger partial charge is 0.497 e. The van der Waals surface area contributed by atoms with Crippen molar-refractivity contribution in [3.8, 4) is 11.5 Å². The highest BCUT2D eigenvalue weighted by Crippen LogP contribution is 2.23. The van der Waals surface area contributed by atoms with Crippen LogP contribution < -0.4 is 20.5 Å². The molecule has 0 atom stereocenters. The van der Waals surface area contributed by atoms with E-state index in [-0.39, 0.29) is 5.91 Å². The van der Waals surface area contributed by atoms with E-state index >= 15 is 0 Å². The number of carbonyl (C=O) groups is 1. The van der Waals surface area contributed by atoms with Crippen molar-refractivity contribution >= 4 is 23.4 Å². The minimum atomic E-state index is -0.220. The highest BCUT2D eigenvalue weighted by molar-refractivity contribution is 6.02. The number of hydrogen-bond acceptors (Lipinski definition) is 4. The van der Waals surface area contributed by atoms with Gasteiger partial charge < -0.3 is 20.5 Å². The molecule has 120 valence electrons. The molecule has 0 heterocycles. The fraction of sp³-hybridized carbons (Fsp3) is 0.167. The van der Waals surface area contributed by atoms with Crippen molar-refractivity contribution < 1.29 is 14.3 Å². The monoisotopic (exact) mass is 312 g/mol. The molecule has 0 spiro atoms. The first-order chi connectivity index (χ1) is 11.1. The van der Waals surface area contributed by atoms with Gasteiger partial charge in [0.2, 0.25) is 5.91 Å². The average molecular weight is 312 g/mol. The molecule has 1 amide bonds. The van der Waals surface area contributed by atoms with Crippen LogP contribution in [0, 0.1) is 0 Å². The molecule has 0 bridgehead atoms. The van der Waals surface area contributed by atoms with Gasteiger partial charge in [0.1, 0.15) is 11.5 Å². The molecule has 23 heavy (non-hydrogen) atoms. The maximum atomic E-state index is 11.9. The molecule has 0 aromatic heterocycles. The predicted molar refractivity (Wildman–Crippen MR) is 92.7 cm³/mol. The number of rotatable bonds is 6. The van der Waals surface area contributed by atoms with Gasteiger partial charge in [-0.2, -0.15) is 0 Å². The van der Waals surface area contributed by atoms with E-state index < -0.39 is 0 Å². The maximum absolute atomic E-state index is 11.9. The summed E-state index contributed by atoms with van der Waals surface area (Å²) in [5, 5.41) is 2.77. The van der Waals surface area contributed by atoms with Crippen LogP contribution in [0.5, 0.6) is 11.5 Å². The van der Waals surface area contributed by atoms with Crippen molar-refractivity contribution in [3.05, 3.63) is 54.1 Å². The normalized spacial score (nSPS) is 10.5. The Bertz CT molecular complexity index is 694. The molecule has 0 aliphatic carbocycles. The fourth-order valence-corrected chi connectivity index (χ4v) is 1.99. The number of nitrogens with two attached hydrogens (primary N) is 1. The highest BCUT2D eigenvalue weighted by atomic mass is 16.5. The Morgan fingerprint density at radius 1 is 1.22 bits per heavy atom. The van der Waals surface area contributed by atoms with Gasteiger partial charge in [-0.25, -0.2) is 0 Å². The van der Waals surface area contributed by atoms with Gasteiger partial charge >= 0.3 is 0 Å². The standard InChI is InChI=1S/C18H20N2O3/c1-3-23-17-10-4-13(12-16(17)19)5-11-18(21)20-14-6-8-15(22-2)9-7-14/h4-12H,3,19H2,1-2H3,(H,20,21)/b11-5-. The molecule has 2 rings (SSSR count). The van der Waals surface area contributed by atoms with E-state index in [4.69, 9.17) is 15.2 Å². The van der Waals surface area contributed by atoms with E-state index in [0.29, 0.717) is 23.7 Å². The second-order valence-electron chi connectivity index (χ2n) is 4.78. The minimum absolute atomic E-state index is 0.220. The lowest BCUT2D eigenvalue weighted by atomic mass is 10.1. The molecule has 0 saturated carbocycles. The summed E-state index contributed by atoms with van der Waals surface area (Å²) < 4.78 is 10.4. The number of ether oxygens (including phenoxy) is 2. The van der Waals surface area contributed by atoms with Gasteiger partial charge in [0, 0.05) is 11.8 Å². The number of amides is 1. The number of nitrogen functional groups attached to an aromatic ring is 1. The molecule has 0 radical (unpaired) electrons. The van der Waals surface area contributed by atoms with Crippen molar-refractivity contribution in [1.82, 2.24) is 0 Å². The molecule has 0 aliphatic rings. The third-order valence-electron chi connectivity index (χ3n) is 3.12. The number of carbonyl (C=O) groups excluding carboxylic acids is 1. The van der Waals surface area contributed by atoms with E-state index in [1.54, 1.807) is 49.6 Å². The number of anilines is 2. The summed E-state index contributed by atoms with van der Waals surface area (Å²) in [6, 6.07) is 12.5. The molecule has 2 aromatic rings. The first kappa shape index (κ1) is 16.4. The first-order valence-electron chi connectivity index (χ1n) is 7.28. The van der Waals surface area contributed by atoms with Gasteiger partial charge in [0.05, 0.1) is 19.4 Å². The second-order valence-corrected chi connectivity index (χ2v) is 4.78. The van der Waals surface area contributed by atoms with E-state index in [1.165, 1.54) is 6.08 Å². The van der Waals surface area contributed by atoms with E-state index in [0.717, 1.165) is 11.3 Å². The lowest BCUT2D eigenvalue weighted by Crippen LogP contribution is -2.07. The number of nitrogens with one attached hydrogen (secondary N) is 1. The summed E-state index contributed by atoms with van der Waals surface area (Å²) in [6.45, 7) is 2.46. The fourth-order valence-electron chi connectivity index (χ4n) is 1.99. The third-order valence-corrected chi connectivity index (χ3v) is 3.12. The summed E-state index contributed by atoms with van der Waals surface area (Å²) >= 11 is 0. The topological polar surface area (TPSA) is 73.6 Å². The number of benzene rings is 2. The smallest absolute Gasteiger partial charge is 0.248 e. The molecular weight excluding hydrogens is 292 g/mol. The number of hydrogen-bond donors (Lipinski definition) is 2. The van der Waals surface area contributed by atoms with E-state index in [9.17, 15) is 4.79 Å². The van der Waals surface area contributed by atoms with Crippen LogP contribution in [0.3, 0.4) is 0 Å². The van der Waals surface area contributed by atoms with Crippen LogP contribution in [0.25, 0.3) is 6.08 Å². The third kappa shape index (κ3) is 4.78. The quantitative estimate of drug-likeness (QED) is 0.634. The Morgan fingerprint density at radius 3 is 2.57 bits per heavy atom. The Kier molecular flexibility index (Phi) is 5.63. The molecule has 3 N–H and O–H groups in total. The molecule has 0 fully saturated rings. The Morgan fingerprint density at radius 2 is 1.96 bits per heavy atom. The van der Waals surface area contributed by atoms with Crippen molar-refractivity contribution in [2.75, 3.05) is 24.8 Å². The van der Waals surface area contributed by atoms with Gasteiger partial charge in [-0.15, -0.1) is 0 Å². The molecule has 5 heteroatoms. The molecular formula is C18H20N2O3. The van der Waals surface area contributed by atoms with E-state index in [1.807, 2.05) is 13.0 Å². The molecule has 5 nitrogen and oxygen atoms in total. The Hall–Kier alpha value is -2.95. The summed E-state index contributed by atoms with van der Waals surface area (Å²) in [4.78, 5) is 11.9. The van der Waals surface area contributed by atoms with Crippen molar-refractivity contribution in [2.45, 2.75) is 6.92 Å². The SMILES string of the molecule is CCOc1ccc(/C=C\C(=O)Nc2ccc(OC)cc2)cc1N. The average Bonchev–Trinajstić information content (AvgIpc) is 2.56. The Labute approximate surface area is 135 Å². The molecule has 0 saturated heterocycles. The predicted octanol–water partition coefficient (Wildman–Crippen LogP) is 3.33. The summed E-state index contributed by atoms with van der Waals surface area (Å²) in [7, 11) is 1.60. The zero-order chi connectivity index (χ0) is 16.7. The van der Waals surface area contributed by atoms with Crippen LogP contribution in [-0.2, 0) is 4.79 Å². The number of methoxy groups -OCH3 is 1. The van der Waals surface area contributed by atoms with Crippen molar-refractivity contribution in [2.24, 2.45) is 0 Å². The first-order valence-corrected chi connectivity index (χ1v) is 7.28. The van der Waals surface area contributed by atoms with Gasteiger partial charge in [-0.1, -0.05) is 6.07 Å². The summed E-state index contributed by atoms with van der Waals surface area (Å²) in [5.41, 5.74) is 7.97.